The van der Waals surface area contributed by atoms with Crippen molar-refractivity contribution in [2.75, 3.05) is 0 Å². The number of aromatic nitrogens is 4. The smallest absolute Gasteiger partial charge is 0.224 e. The predicted octanol–water partition coefficient (Wildman–Crippen LogP) is 1.73. The van der Waals surface area contributed by atoms with Gasteiger partial charge in [0.25, 0.3) is 0 Å². The molecule has 0 unspecified atom stereocenters. The van der Waals surface area contributed by atoms with Gasteiger partial charge in [-0.3, -0.25) is 9.89 Å². The zero-order chi connectivity index (χ0) is 16.2. The largest absolute Gasteiger partial charge is 0.425 e. The highest BCUT2D eigenvalue weighted by Gasteiger charge is 2.27. The van der Waals surface area contributed by atoms with Crippen LogP contribution in [0.2, 0.25) is 0 Å². The minimum Gasteiger partial charge on any atom is -0.425 e. The Morgan fingerprint density at radius 1 is 1.39 bits per heavy atom. The van der Waals surface area contributed by atoms with Crippen LogP contribution in [0.3, 0.4) is 0 Å². The lowest BCUT2D eigenvalue weighted by molar-refractivity contribution is -0.121. The molecule has 2 heterocycles. The van der Waals surface area contributed by atoms with Gasteiger partial charge in [0.05, 0.1) is 12.6 Å². The number of aryl methyl sites for hydroxylation is 2. The Labute approximate surface area is 135 Å². The van der Waals surface area contributed by atoms with E-state index in [1.807, 2.05) is 13.8 Å². The van der Waals surface area contributed by atoms with E-state index in [1.165, 1.54) is 0 Å². The quantitative estimate of drug-likeness (QED) is 0.846. The van der Waals surface area contributed by atoms with Crippen LogP contribution in [0.5, 0.6) is 0 Å². The summed E-state index contributed by atoms with van der Waals surface area (Å²) in [5, 5.41) is 18.0. The Bertz CT molecular complexity index is 663. The molecule has 1 fully saturated rings. The minimum atomic E-state index is 0.0613. The molecule has 7 nitrogen and oxygen atoms in total. The number of nitrogens with zero attached hydrogens (tertiary/aromatic N) is 3. The van der Waals surface area contributed by atoms with Crippen molar-refractivity contribution in [1.82, 2.24) is 25.7 Å². The number of carbonyl (C=O) groups excluding carboxylic acids is 1. The highest BCUT2D eigenvalue weighted by Crippen LogP contribution is 2.28. The maximum Gasteiger partial charge on any atom is 0.224 e. The second kappa shape index (κ2) is 6.93. The first kappa shape index (κ1) is 15.7. The van der Waals surface area contributed by atoms with E-state index >= 15 is 0 Å². The van der Waals surface area contributed by atoms with Crippen molar-refractivity contribution in [2.24, 2.45) is 5.92 Å². The van der Waals surface area contributed by atoms with Gasteiger partial charge in [-0.25, -0.2) is 0 Å². The van der Waals surface area contributed by atoms with E-state index in [-0.39, 0.29) is 11.9 Å². The van der Waals surface area contributed by atoms with Crippen molar-refractivity contribution < 1.29 is 9.21 Å². The van der Waals surface area contributed by atoms with Crippen LogP contribution < -0.4 is 5.32 Å². The molecule has 124 valence electrons. The van der Waals surface area contributed by atoms with Crippen molar-refractivity contribution in [1.29, 1.82) is 0 Å². The third-order valence-electron chi connectivity index (χ3n) is 4.47. The summed E-state index contributed by atoms with van der Waals surface area (Å²) in [5.41, 5.74) is 1.91. The number of rotatable bonds is 6. The Hall–Kier alpha value is -2.18. The summed E-state index contributed by atoms with van der Waals surface area (Å²) in [6.45, 7) is 3.93. The molecule has 1 amide bonds. The molecule has 0 aliphatic heterocycles. The molecule has 0 saturated heterocycles. The van der Waals surface area contributed by atoms with Crippen LogP contribution >= 0.6 is 0 Å². The second-order valence-corrected chi connectivity index (χ2v) is 6.29. The van der Waals surface area contributed by atoms with Crippen LogP contribution in [0.25, 0.3) is 0 Å². The van der Waals surface area contributed by atoms with Crippen LogP contribution in [0.4, 0.5) is 0 Å². The fraction of sp³-hybridized carbons (Fsp3) is 0.625. The normalized spacial score (nSPS) is 20.8. The molecule has 0 aromatic carbocycles. The van der Waals surface area contributed by atoms with Crippen LogP contribution in [0, 0.1) is 12.8 Å². The molecule has 23 heavy (non-hydrogen) atoms. The lowest BCUT2D eigenvalue weighted by atomic mass is 10.0. The van der Waals surface area contributed by atoms with Gasteiger partial charge in [0.15, 0.2) is 0 Å². The zero-order valence-electron chi connectivity index (χ0n) is 13.6. The van der Waals surface area contributed by atoms with Crippen LogP contribution in [0.15, 0.2) is 10.6 Å². The van der Waals surface area contributed by atoms with Gasteiger partial charge < -0.3 is 9.73 Å². The van der Waals surface area contributed by atoms with E-state index in [0.717, 1.165) is 43.4 Å². The molecule has 7 heteroatoms. The maximum absolute atomic E-state index is 12.1. The molecule has 3 rings (SSSR count). The zero-order valence-corrected chi connectivity index (χ0v) is 13.6. The van der Waals surface area contributed by atoms with Gasteiger partial charge in [-0.05, 0) is 32.1 Å². The molecule has 0 spiro atoms. The van der Waals surface area contributed by atoms with E-state index in [4.69, 9.17) is 4.42 Å². The Kier molecular flexibility index (Phi) is 4.73. The van der Waals surface area contributed by atoms with E-state index in [0.29, 0.717) is 24.1 Å². The first-order chi connectivity index (χ1) is 11.1. The maximum atomic E-state index is 12.1. The lowest BCUT2D eigenvalue weighted by Gasteiger charge is -2.12. The van der Waals surface area contributed by atoms with Gasteiger partial charge >= 0.3 is 0 Å². The first-order valence-electron chi connectivity index (χ1n) is 8.23. The molecular weight excluding hydrogens is 294 g/mol. The highest BCUT2D eigenvalue weighted by atomic mass is 16.4. The fourth-order valence-corrected chi connectivity index (χ4v) is 3.16. The lowest BCUT2D eigenvalue weighted by Crippen LogP contribution is -2.34. The van der Waals surface area contributed by atoms with Gasteiger partial charge in [0.2, 0.25) is 17.7 Å². The summed E-state index contributed by atoms with van der Waals surface area (Å²) in [6.07, 6.45) is 6.74. The third-order valence-corrected chi connectivity index (χ3v) is 4.47. The van der Waals surface area contributed by atoms with E-state index in [1.54, 1.807) is 6.20 Å². The standard InChI is InChI=1S/C16H23N5O2/c1-3-15-20-21-16(23-15)7-11-4-5-13(6-11)18-14(22)8-12-9-17-19-10(12)2/h9,11,13H,3-8H2,1-2H3,(H,17,19)(H,18,22)/t11-,13+/m1/s1. The summed E-state index contributed by atoms with van der Waals surface area (Å²) in [5.74, 6) is 1.97. The fourth-order valence-electron chi connectivity index (χ4n) is 3.16. The van der Waals surface area contributed by atoms with Crippen molar-refractivity contribution in [3.8, 4) is 0 Å². The summed E-state index contributed by atoms with van der Waals surface area (Å²) in [7, 11) is 0. The van der Waals surface area contributed by atoms with Crippen molar-refractivity contribution in [3.63, 3.8) is 0 Å². The van der Waals surface area contributed by atoms with Gasteiger partial charge in [-0.2, -0.15) is 5.10 Å². The molecular formula is C16H23N5O2. The van der Waals surface area contributed by atoms with Gasteiger partial charge in [0, 0.05) is 30.1 Å². The molecule has 2 aromatic rings. The number of nitrogens with one attached hydrogen (secondary N) is 2. The van der Waals surface area contributed by atoms with E-state index < -0.39 is 0 Å². The number of aromatic amines is 1. The minimum absolute atomic E-state index is 0.0613. The Morgan fingerprint density at radius 3 is 2.91 bits per heavy atom. The molecule has 1 aliphatic rings. The van der Waals surface area contributed by atoms with Crippen molar-refractivity contribution in [2.45, 2.75) is 58.4 Å². The summed E-state index contributed by atoms with van der Waals surface area (Å²) < 4.78 is 5.57. The SMILES string of the molecule is CCc1nnc(C[C@@H]2CC[C@H](NC(=O)Cc3cn[nH]c3C)C2)o1. The van der Waals surface area contributed by atoms with Crippen LogP contribution in [-0.4, -0.2) is 32.3 Å². The molecule has 2 aromatic heterocycles. The van der Waals surface area contributed by atoms with Gasteiger partial charge in [-0.1, -0.05) is 6.92 Å². The average Bonchev–Trinajstić information content (AvgIpc) is 3.23. The summed E-state index contributed by atoms with van der Waals surface area (Å²) >= 11 is 0. The Balaban J connectivity index is 1.46. The molecule has 0 radical (unpaired) electrons. The predicted molar refractivity (Wildman–Crippen MR) is 83.7 cm³/mol. The van der Waals surface area contributed by atoms with Gasteiger partial charge in [0.1, 0.15) is 0 Å². The monoisotopic (exact) mass is 317 g/mol. The highest BCUT2D eigenvalue weighted by molar-refractivity contribution is 5.79. The third kappa shape index (κ3) is 3.97. The molecule has 2 atom stereocenters. The number of hydrogen-bond acceptors (Lipinski definition) is 5. The van der Waals surface area contributed by atoms with Crippen LogP contribution in [0.1, 0.15) is 49.2 Å². The summed E-state index contributed by atoms with van der Waals surface area (Å²) in [4.78, 5) is 12.1. The number of H-pyrrole nitrogens is 1. The molecule has 0 bridgehead atoms. The molecule has 1 aliphatic carbocycles. The van der Waals surface area contributed by atoms with E-state index in [2.05, 4.69) is 25.7 Å². The first-order valence-corrected chi connectivity index (χ1v) is 8.23. The van der Waals surface area contributed by atoms with Gasteiger partial charge in [-0.15, -0.1) is 10.2 Å². The topological polar surface area (TPSA) is 96.7 Å². The number of hydrogen-bond donors (Lipinski definition) is 2. The van der Waals surface area contributed by atoms with Crippen molar-refractivity contribution in [3.05, 3.63) is 29.2 Å². The number of amides is 1. The molecule has 1 saturated carbocycles. The molecule has 2 N–H and O–H groups in total. The Morgan fingerprint density at radius 2 is 2.22 bits per heavy atom. The van der Waals surface area contributed by atoms with Crippen molar-refractivity contribution >= 4 is 5.91 Å². The second-order valence-electron chi connectivity index (χ2n) is 6.29. The van der Waals surface area contributed by atoms with Crippen LogP contribution in [-0.2, 0) is 24.1 Å². The van der Waals surface area contributed by atoms with E-state index in [9.17, 15) is 4.79 Å². The number of carbonyl (C=O) groups is 1. The average molecular weight is 317 g/mol. The summed E-state index contributed by atoms with van der Waals surface area (Å²) in [6, 6.07) is 0.244.